The first kappa shape index (κ1) is 21.1. The molecule has 156 valence electrons. The van der Waals surface area contributed by atoms with Gasteiger partial charge in [-0.3, -0.25) is 15.1 Å². The smallest absolute Gasteiger partial charge is 0.316 e. The zero-order valence-electron chi connectivity index (χ0n) is 17.5. The van der Waals surface area contributed by atoms with E-state index in [1.807, 2.05) is 0 Å². The summed E-state index contributed by atoms with van der Waals surface area (Å²) in [5.74, 6) is 0.387. The molecule has 0 aliphatic rings. The van der Waals surface area contributed by atoms with Gasteiger partial charge in [0.25, 0.3) is 0 Å². The van der Waals surface area contributed by atoms with Crippen LogP contribution in [-0.4, -0.2) is 49.4 Å². The maximum atomic E-state index is 11.6. The lowest BCUT2D eigenvalue weighted by atomic mass is 10.2. The Bertz CT molecular complexity index is 1010. The van der Waals surface area contributed by atoms with Gasteiger partial charge >= 0.3 is 5.69 Å². The van der Waals surface area contributed by atoms with E-state index < -0.39 is 13.0 Å². The normalized spacial score (nSPS) is 12.2. The highest BCUT2D eigenvalue weighted by molar-refractivity contribution is 6.76. The summed E-state index contributed by atoms with van der Waals surface area (Å²) < 4.78 is 8.91. The first-order valence-electron chi connectivity index (χ1n) is 9.63. The van der Waals surface area contributed by atoms with Crippen LogP contribution in [-0.2, 0) is 18.0 Å². The van der Waals surface area contributed by atoms with E-state index >= 15 is 0 Å². The maximum absolute atomic E-state index is 11.6. The van der Waals surface area contributed by atoms with Gasteiger partial charge in [0, 0.05) is 21.2 Å². The highest BCUT2D eigenvalue weighted by atomic mass is 28.3. The molecule has 3 rings (SSSR count). The lowest BCUT2D eigenvalue weighted by molar-refractivity contribution is -0.384. The van der Waals surface area contributed by atoms with Crippen molar-refractivity contribution in [2.24, 2.45) is 5.92 Å². The lowest BCUT2D eigenvalue weighted by Crippen LogP contribution is -2.22. The quantitative estimate of drug-likeness (QED) is 0.226. The predicted molar refractivity (Wildman–Crippen MR) is 112 cm³/mol. The van der Waals surface area contributed by atoms with E-state index in [1.54, 1.807) is 16.9 Å². The summed E-state index contributed by atoms with van der Waals surface area (Å²) >= 11 is 0. The van der Waals surface area contributed by atoms with Crippen molar-refractivity contribution < 1.29 is 9.66 Å². The van der Waals surface area contributed by atoms with Crippen molar-refractivity contribution in [2.75, 3.05) is 6.61 Å². The molecule has 0 radical (unpaired) electrons. The molecule has 0 bridgehead atoms. The van der Waals surface area contributed by atoms with Gasteiger partial charge in [-0.05, 0) is 18.0 Å². The molecule has 11 heteroatoms. The highest BCUT2D eigenvalue weighted by Crippen LogP contribution is 2.28. The molecule has 10 nitrogen and oxygen atoms in total. The molecule has 0 amide bonds. The summed E-state index contributed by atoms with van der Waals surface area (Å²) in [6.07, 6.45) is 2.96. The number of hydrogen-bond acceptors (Lipinski definition) is 7. The summed E-state index contributed by atoms with van der Waals surface area (Å²) in [7, 11) is -1.20. The molecule has 0 spiro atoms. The zero-order valence-corrected chi connectivity index (χ0v) is 18.5. The number of fused-ring (bicyclic) bond motifs is 1. The molecular formula is C18H27N7O3Si. The Balaban J connectivity index is 1.87. The second kappa shape index (κ2) is 8.37. The van der Waals surface area contributed by atoms with Crippen LogP contribution in [0.2, 0.25) is 25.7 Å². The number of nitro groups is 1. The van der Waals surface area contributed by atoms with Gasteiger partial charge in [0.15, 0.2) is 5.69 Å². The van der Waals surface area contributed by atoms with Crippen molar-refractivity contribution in [1.82, 2.24) is 29.8 Å². The SMILES string of the molecule is CC(C)Cn1nnc2cnc(-c3nn(COCC[Si](C)(C)C)cc3[N+](=O)[O-])cc21. The van der Waals surface area contributed by atoms with Gasteiger partial charge in [0.05, 0.1) is 22.3 Å². The average Bonchev–Trinajstić information content (AvgIpc) is 3.22. The van der Waals surface area contributed by atoms with Crippen LogP contribution in [0.5, 0.6) is 0 Å². The number of aromatic nitrogens is 6. The van der Waals surface area contributed by atoms with E-state index in [-0.39, 0.29) is 18.1 Å². The Morgan fingerprint density at radius 1 is 1.31 bits per heavy atom. The van der Waals surface area contributed by atoms with Gasteiger partial charge in [0.2, 0.25) is 0 Å². The fourth-order valence-corrected chi connectivity index (χ4v) is 3.57. The third-order valence-corrected chi connectivity index (χ3v) is 6.04. The molecule has 3 aromatic heterocycles. The third kappa shape index (κ3) is 5.24. The number of pyridine rings is 1. The molecule has 0 fully saturated rings. The van der Waals surface area contributed by atoms with Gasteiger partial charge in [-0.1, -0.05) is 38.7 Å². The van der Waals surface area contributed by atoms with E-state index in [2.05, 4.69) is 53.9 Å². The van der Waals surface area contributed by atoms with E-state index in [0.29, 0.717) is 30.3 Å². The number of rotatable bonds is 9. The molecule has 3 aromatic rings. The monoisotopic (exact) mass is 417 g/mol. The Labute approximate surface area is 170 Å². The molecule has 29 heavy (non-hydrogen) atoms. The van der Waals surface area contributed by atoms with Crippen LogP contribution in [0.25, 0.3) is 22.4 Å². The summed E-state index contributed by atoms with van der Waals surface area (Å²) in [6.45, 7) is 12.5. The first-order valence-corrected chi connectivity index (χ1v) is 13.3. The fraction of sp³-hybridized carbons (Fsp3) is 0.556. The first-order chi connectivity index (χ1) is 13.6. The average molecular weight is 418 g/mol. The number of ether oxygens (including phenoxy) is 1. The van der Waals surface area contributed by atoms with Crippen molar-refractivity contribution >= 4 is 24.8 Å². The lowest BCUT2D eigenvalue weighted by Gasteiger charge is -2.15. The van der Waals surface area contributed by atoms with Crippen LogP contribution in [0.15, 0.2) is 18.5 Å². The number of hydrogen-bond donors (Lipinski definition) is 0. The van der Waals surface area contributed by atoms with Crippen LogP contribution < -0.4 is 0 Å². The highest BCUT2D eigenvalue weighted by Gasteiger charge is 2.23. The molecule has 3 heterocycles. The van der Waals surface area contributed by atoms with Crippen molar-refractivity contribution in [3.8, 4) is 11.4 Å². The van der Waals surface area contributed by atoms with E-state index in [0.717, 1.165) is 11.6 Å². The maximum Gasteiger partial charge on any atom is 0.316 e. The van der Waals surface area contributed by atoms with Crippen LogP contribution in [0.1, 0.15) is 13.8 Å². The molecule has 0 aliphatic heterocycles. The molecule has 0 saturated heterocycles. The standard InChI is InChI=1S/C18H27N7O3Si/c1-13(2)10-24-16-8-14(19-9-15(16)20-22-24)18-17(25(26)27)11-23(21-18)12-28-6-7-29(3,4)5/h8-9,11,13H,6-7,10,12H2,1-5H3. The minimum absolute atomic E-state index is 0.103. The zero-order chi connectivity index (χ0) is 21.2. The van der Waals surface area contributed by atoms with Crippen molar-refractivity contribution in [3.05, 3.63) is 28.6 Å². The minimum atomic E-state index is -1.20. The van der Waals surface area contributed by atoms with Gasteiger partial charge in [-0.2, -0.15) is 5.10 Å². The second-order valence-corrected chi connectivity index (χ2v) is 14.4. The Morgan fingerprint density at radius 3 is 2.72 bits per heavy atom. The van der Waals surface area contributed by atoms with E-state index in [4.69, 9.17) is 4.74 Å². The molecule has 0 N–H and O–H groups in total. The molecule has 0 aromatic carbocycles. The van der Waals surface area contributed by atoms with E-state index in [9.17, 15) is 10.1 Å². The molecule has 0 unspecified atom stereocenters. The summed E-state index contributed by atoms with van der Waals surface area (Å²) in [5, 5.41) is 24.2. The molecule has 0 aliphatic carbocycles. The minimum Gasteiger partial charge on any atom is -0.360 e. The topological polar surface area (TPSA) is 114 Å². The third-order valence-electron chi connectivity index (χ3n) is 4.34. The van der Waals surface area contributed by atoms with Gasteiger partial charge < -0.3 is 4.74 Å². The predicted octanol–water partition coefficient (Wildman–Crippen LogP) is 3.57. The summed E-state index contributed by atoms with van der Waals surface area (Å²) in [5.41, 5.74) is 1.94. The van der Waals surface area contributed by atoms with Crippen LogP contribution >= 0.6 is 0 Å². The van der Waals surface area contributed by atoms with Gasteiger partial charge in [-0.15, -0.1) is 5.10 Å². The van der Waals surface area contributed by atoms with Crippen LogP contribution in [0, 0.1) is 16.0 Å². The van der Waals surface area contributed by atoms with Crippen LogP contribution in [0.3, 0.4) is 0 Å². The molecule has 0 atom stereocenters. The molecular weight excluding hydrogens is 390 g/mol. The summed E-state index contributed by atoms with van der Waals surface area (Å²) in [6, 6.07) is 2.78. The largest absolute Gasteiger partial charge is 0.360 e. The van der Waals surface area contributed by atoms with E-state index in [1.165, 1.54) is 10.9 Å². The molecule has 0 saturated carbocycles. The summed E-state index contributed by atoms with van der Waals surface area (Å²) in [4.78, 5) is 15.4. The Hall–Kier alpha value is -2.66. The number of nitrogens with zero attached hydrogens (tertiary/aromatic N) is 7. The van der Waals surface area contributed by atoms with Gasteiger partial charge in [-0.25, -0.2) is 9.36 Å². The van der Waals surface area contributed by atoms with Crippen molar-refractivity contribution in [1.29, 1.82) is 0 Å². The van der Waals surface area contributed by atoms with Gasteiger partial charge in [0.1, 0.15) is 18.4 Å². The fourth-order valence-electron chi connectivity index (χ4n) is 2.81. The second-order valence-electron chi connectivity index (χ2n) is 8.73. The van der Waals surface area contributed by atoms with Crippen LogP contribution in [0.4, 0.5) is 5.69 Å². The van der Waals surface area contributed by atoms with Crippen molar-refractivity contribution in [3.63, 3.8) is 0 Å². The Kier molecular flexibility index (Phi) is 6.08. The Morgan fingerprint density at radius 2 is 2.07 bits per heavy atom. The van der Waals surface area contributed by atoms with Crippen molar-refractivity contribution in [2.45, 2.75) is 52.8 Å².